The number of carbonyl (C=O) groups is 1. The molecule has 0 saturated carbocycles. The predicted molar refractivity (Wildman–Crippen MR) is 130 cm³/mol. The van der Waals surface area contributed by atoms with Gasteiger partial charge in [0.05, 0.1) is 30.9 Å². The highest BCUT2D eigenvalue weighted by atomic mass is 16.7. The van der Waals surface area contributed by atoms with Crippen molar-refractivity contribution in [3.8, 4) is 17.2 Å². The van der Waals surface area contributed by atoms with Gasteiger partial charge in [-0.2, -0.15) is 0 Å². The Morgan fingerprint density at radius 1 is 1.00 bits per heavy atom. The molecule has 4 rings (SSSR count). The van der Waals surface area contributed by atoms with Gasteiger partial charge < -0.3 is 60.2 Å². The van der Waals surface area contributed by atoms with E-state index in [9.17, 15) is 50.8 Å². The number of aliphatic hydroxyl groups excluding tert-OH is 5. The van der Waals surface area contributed by atoms with E-state index < -0.39 is 85.6 Å². The summed E-state index contributed by atoms with van der Waals surface area (Å²) in [6.45, 7) is -2.15. The first-order valence-electron chi connectivity index (χ1n) is 12.3. The van der Waals surface area contributed by atoms with Crippen LogP contribution in [0.4, 0.5) is 0 Å². The molecule has 8 unspecified atom stereocenters. The van der Waals surface area contributed by atoms with Crippen LogP contribution in [0.5, 0.6) is 17.2 Å². The monoisotopic (exact) mass is 552 g/mol. The average Bonchev–Trinajstić information content (AvgIpc) is 3.21. The molecular formula is C26H32O13. The van der Waals surface area contributed by atoms with Crippen molar-refractivity contribution in [1.29, 1.82) is 0 Å². The van der Waals surface area contributed by atoms with Gasteiger partial charge in [-0.1, -0.05) is 12.1 Å². The van der Waals surface area contributed by atoms with Crippen LogP contribution in [0, 0.1) is 0 Å². The summed E-state index contributed by atoms with van der Waals surface area (Å²) < 4.78 is 16.6. The molecule has 2 aliphatic rings. The van der Waals surface area contributed by atoms with Gasteiger partial charge in [0.1, 0.15) is 59.5 Å². The second kappa shape index (κ2) is 11.7. The van der Waals surface area contributed by atoms with E-state index in [1.54, 1.807) is 12.1 Å². The molecule has 0 spiro atoms. The first-order valence-corrected chi connectivity index (χ1v) is 12.3. The molecule has 2 heterocycles. The minimum atomic E-state index is -2.07. The Morgan fingerprint density at radius 3 is 2.31 bits per heavy atom. The quantitative estimate of drug-likeness (QED) is 0.163. The Kier molecular flexibility index (Phi) is 8.75. The molecule has 9 N–H and O–H groups in total. The van der Waals surface area contributed by atoms with Crippen LogP contribution >= 0.6 is 0 Å². The van der Waals surface area contributed by atoms with Gasteiger partial charge in [0.25, 0.3) is 0 Å². The lowest BCUT2D eigenvalue weighted by Crippen LogP contribution is -2.58. The van der Waals surface area contributed by atoms with Crippen molar-refractivity contribution in [2.24, 2.45) is 0 Å². The van der Waals surface area contributed by atoms with Crippen molar-refractivity contribution in [2.45, 2.75) is 61.4 Å². The molecule has 2 saturated heterocycles. The zero-order chi connectivity index (χ0) is 28.5. The molecule has 2 aromatic rings. The molecule has 2 aromatic carbocycles. The molecule has 39 heavy (non-hydrogen) atoms. The Labute approximate surface area is 222 Å². The zero-order valence-electron chi connectivity index (χ0n) is 20.7. The number of aromatic hydroxyl groups is 3. The second-order valence-electron chi connectivity index (χ2n) is 9.73. The molecule has 13 heteroatoms. The fourth-order valence-corrected chi connectivity index (χ4v) is 4.70. The van der Waals surface area contributed by atoms with E-state index in [1.165, 1.54) is 18.2 Å². The highest BCUT2D eigenvalue weighted by Crippen LogP contribution is 2.45. The fraction of sp³-hybridized carbons (Fsp3) is 0.500. The second-order valence-corrected chi connectivity index (χ2v) is 9.73. The number of Topliss-reactive ketones (excluding diaryl/α,β-unsaturated/α-hetero) is 1. The van der Waals surface area contributed by atoms with Crippen LogP contribution in [0.15, 0.2) is 36.4 Å². The Bertz CT molecular complexity index is 1160. The molecule has 0 amide bonds. The van der Waals surface area contributed by atoms with Crippen LogP contribution < -0.4 is 0 Å². The van der Waals surface area contributed by atoms with Gasteiger partial charge in [-0.25, -0.2) is 0 Å². The molecule has 8 atom stereocenters. The number of hydrogen-bond donors (Lipinski definition) is 9. The van der Waals surface area contributed by atoms with E-state index in [4.69, 9.17) is 14.2 Å². The fourth-order valence-electron chi connectivity index (χ4n) is 4.70. The number of rotatable bonds is 9. The number of ether oxygens (including phenoxy) is 3. The summed E-state index contributed by atoms with van der Waals surface area (Å²) in [5.74, 6) is -1.68. The molecule has 0 bridgehead atoms. The molecule has 2 fully saturated rings. The molecule has 13 nitrogen and oxygen atoms in total. The van der Waals surface area contributed by atoms with Gasteiger partial charge in [-0.15, -0.1) is 0 Å². The highest BCUT2D eigenvalue weighted by molar-refractivity contribution is 5.99. The number of aryl methyl sites for hydroxylation is 1. The van der Waals surface area contributed by atoms with E-state index >= 15 is 0 Å². The van der Waals surface area contributed by atoms with Crippen LogP contribution in [0.2, 0.25) is 0 Å². The Morgan fingerprint density at radius 2 is 1.69 bits per heavy atom. The predicted octanol–water partition coefficient (Wildman–Crippen LogP) is -1.40. The molecule has 0 aromatic heterocycles. The average molecular weight is 553 g/mol. The van der Waals surface area contributed by atoms with Crippen molar-refractivity contribution < 1.29 is 65.0 Å². The normalized spacial score (nSPS) is 32.8. The van der Waals surface area contributed by atoms with Gasteiger partial charge in [-0.3, -0.25) is 4.79 Å². The molecule has 214 valence electrons. The van der Waals surface area contributed by atoms with Crippen molar-refractivity contribution in [3.05, 3.63) is 53.1 Å². The third kappa shape index (κ3) is 5.72. The number of phenols is 3. The maximum Gasteiger partial charge on any atom is 0.187 e. The molecule has 0 radical (unpaired) electrons. The lowest BCUT2D eigenvalue weighted by molar-refractivity contribution is -0.287. The number of hydrogen-bond acceptors (Lipinski definition) is 13. The van der Waals surface area contributed by atoms with E-state index in [-0.39, 0.29) is 29.7 Å². The lowest BCUT2D eigenvalue weighted by atomic mass is 9.88. The number of benzene rings is 2. The summed E-state index contributed by atoms with van der Waals surface area (Å²) in [7, 11) is 0. The first kappa shape index (κ1) is 29.1. The Balaban J connectivity index is 1.64. The van der Waals surface area contributed by atoms with Crippen LogP contribution in [0.25, 0.3) is 0 Å². The van der Waals surface area contributed by atoms with Crippen LogP contribution in [-0.2, 0) is 20.6 Å². The van der Waals surface area contributed by atoms with Crippen molar-refractivity contribution in [2.75, 3.05) is 19.8 Å². The third-order valence-corrected chi connectivity index (χ3v) is 7.09. The number of ketones is 1. The first-order chi connectivity index (χ1) is 18.5. The van der Waals surface area contributed by atoms with Gasteiger partial charge in [0.2, 0.25) is 0 Å². The summed E-state index contributed by atoms with van der Waals surface area (Å²) in [5, 5.41) is 92.2. The van der Waals surface area contributed by atoms with Crippen molar-refractivity contribution >= 4 is 5.78 Å². The lowest BCUT2D eigenvalue weighted by Gasteiger charge is -2.43. The zero-order valence-corrected chi connectivity index (χ0v) is 20.7. The van der Waals surface area contributed by atoms with Crippen molar-refractivity contribution in [3.63, 3.8) is 0 Å². The molecule has 2 aliphatic heterocycles. The minimum Gasteiger partial charge on any atom is -0.508 e. The van der Waals surface area contributed by atoms with E-state index in [0.29, 0.717) is 0 Å². The maximum absolute atomic E-state index is 13.0. The number of carbonyl (C=O) groups excluding carboxylic acids is 1. The van der Waals surface area contributed by atoms with Crippen LogP contribution in [0.3, 0.4) is 0 Å². The third-order valence-electron chi connectivity index (χ3n) is 7.09. The standard InChI is InChI=1S/C26H32O13/c27-9-17-20(33)21(34)23(39-25-24(35)26(36,10-28)11-37-25)22(38-17)18-16(31)8-6-14(19(18)32)15(30)7-3-12-1-4-13(29)5-2-12/h1-2,4-6,8,17,20-25,27-29,31-36H,3,7,9-11H2. The van der Waals surface area contributed by atoms with Gasteiger partial charge >= 0.3 is 0 Å². The SMILES string of the molecule is O=C(CCc1ccc(O)cc1)c1ccc(O)c(C2OC(CO)C(O)C(O)C2OC2OCC(O)(CO)C2O)c1O. The van der Waals surface area contributed by atoms with E-state index in [1.807, 2.05) is 0 Å². The smallest absolute Gasteiger partial charge is 0.187 e. The highest BCUT2D eigenvalue weighted by Gasteiger charge is 2.53. The minimum absolute atomic E-state index is 0.0452. The molecule has 0 aliphatic carbocycles. The summed E-state index contributed by atoms with van der Waals surface area (Å²) in [4.78, 5) is 13.0. The Hall–Kier alpha value is -2.85. The summed E-state index contributed by atoms with van der Waals surface area (Å²) in [6, 6.07) is 8.55. The molecular weight excluding hydrogens is 520 g/mol. The summed E-state index contributed by atoms with van der Waals surface area (Å²) in [5.41, 5.74) is -1.88. The summed E-state index contributed by atoms with van der Waals surface area (Å²) in [6.07, 6.45) is -11.3. The topological polar surface area (TPSA) is 227 Å². The van der Waals surface area contributed by atoms with E-state index in [2.05, 4.69) is 0 Å². The van der Waals surface area contributed by atoms with Gasteiger partial charge in [0.15, 0.2) is 12.1 Å². The maximum atomic E-state index is 13.0. The van der Waals surface area contributed by atoms with Gasteiger partial charge in [0, 0.05) is 6.42 Å². The van der Waals surface area contributed by atoms with E-state index in [0.717, 1.165) is 11.6 Å². The number of phenolic OH excluding ortho intramolecular Hbond substituents is 3. The number of aliphatic hydroxyl groups is 6. The summed E-state index contributed by atoms with van der Waals surface area (Å²) >= 11 is 0. The van der Waals surface area contributed by atoms with Crippen LogP contribution in [-0.4, -0.2) is 114 Å². The van der Waals surface area contributed by atoms with Crippen LogP contribution in [0.1, 0.15) is 34.0 Å². The van der Waals surface area contributed by atoms with Crippen molar-refractivity contribution in [1.82, 2.24) is 0 Å². The largest absolute Gasteiger partial charge is 0.508 e. The van der Waals surface area contributed by atoms with Gasteiger partial charge in [-0.05, 0) is 36.2 Å².